The van der Waals surface area contributed by atoms with Crippen molar-refractivity contribution in [3.05, 3.63) is 134 Å². The molecule has 0 radical (unpaired) electrons. The van der Waals surface area contributed by atoms with E-state index in [4.69, 9.17) is 24.3 Å². The summed E-state index contributed by atoms with van der Waals surface area (Å²) in [6.45, 7) is 3.50. The van der Waals surface area contributed by atoms with E-state index in [9.17, 15) is 19.0 Å². The van der Waals surface area contributed by atoms with E-state index in [1.807, 2.05) is 0 Å². The zero-order valence-corrected chi connectivity index (χ0v) is 48.4. The Morgan fingerprint density at radius 3 is 1.03 bits per heavy atom. The Kier molecular flexibility index (Phi) is 56.3. The highest BCUT2D eigenvalue weighted by Crippen LogP contribution is 2.43. The fourth-order valence-electron chi connectivity index (χ4n) is 7.72. The van der Waals surface area contributed by atoms with Crippen LogP contribution in [0.4, 0.5) is 0 Å². The van der Waals surface area contributed by atoms with E-state index in [1.165, 1.54) is 70.6 Å². The third-order valence-corrected chi connectivity index (χ3v) is 13.0. The Bertz CT molecular complexity index is 1680. The zero-order valence-electron chi connectivity index (χ0n) is 47.5. The van der Waals surface area contributed by atoms with Crippen LogP contribution in [0.2, 0.25) is 0 Å². The maximum Gasteiger partial charge on any atom is 0.472 e. The first-order chi connectivity index (χ1) is 36.8. The number of carbonyl (C=O) groups is 2. The van der Waals surface area contributed by atoms with Gasteiger partial charge in [0.15, 0.2) is 6.10 Å². The van der Waals surface area contributed by atoms with Crippen molar-refractivity contribution in [2.75, 3.05) is 26.4 Å². The average Bonchev–Trinajstić information content (AvgIpc) is 3.40. The number of phosphoric ester groups is 1. The van der Waals surface area contributed by atoms with Crippen LogP contribution in [0.15, 0.2) is 134 Å². The summed E-state index contributed by atoms with van der Waals surface area (Å²) < 4.78 is 33.1. The van der Waals surface area contributed by atoms with E-state index in [2.05, 4.69) is 148 Å². The van der Waals surface area contributed by atoms with E-state index in [-0.39, 0.29) is 32.6 Å². The molecule has 0 aliphatic carbocycles. The van der Waals surface area contributed by atoms with Crippen molar-refractivity contribution in [2.24, 2.45) is 5.73 Å². The number of rotatable bonds is 54. The number of ether oxygens (including phenoxy) is 2. The van der Waals surface area contributed by atoms with E-state index in [0.29, 0.717) is 6.42 Å². The van der Waals surface area contributed by atoms with E-state index < -0.39 is 32.5 Å². The molecule has 3 N–H and O–H groups in total. The van der Waals surface area contributed by atoms with Crippen molar-refractivity contribution in [3.8, 4) is 0 Å². The molecule has 2 atom stereocenters. The first-order valence-electron chi connectivity index (χ1n) is 29.7. The summed E-state index contributed by atoms with van der Waals surface area (Å²) in [5, 5.41) is 0. The van der Waals surface area contributed by atoms with Crippen LogP contribution < -0.4 is 5.73 Å². The fourth-order valence-corrected chi connectivity index (χ4v) is 8.49. The number of allylic oxidation sites excluding steroid dienone is 22. The van der Waals surface area contributed by atoms with Gasteiger partial charge in [0.2, 0.25) is 0 Å². The Balaban J connectivity index is 4.03. The first kappa shape index (κ1) is 71.2. The van der Waals surface area contributed by atoms with Crippen LogP contribution >= 0.6 is 7.82 Å². The maximum atomic E-state index is 12.7. The third-order valence-electron chi connectivity index (χ3n) is 12.0. The van der Waals surface area contributed by atoms with Crippen LogP contribution in [-0.2, 0) is 32.7 Å². The predicted octanol–water partition coefficient (Wildman–Crippen LogP) is 19.0. The molecule has 0 amide bonds. The number of carbonyl (C=O) groups excluding carboxylic acids is 2. The molecular formula is C65H108NO8P. The fraction of sp³-hybridized carbons (Fsp3) is 0.631. The van der Waals surface area contributed by atoms with Gasteiger partial charge in [0.05, 0.1) is 13.2 Å². The Morgan fingerprint density at radius 2 is 0.693 bits per heavy atom. The average molecular weight is 1060 g/mol. The molecule has 0 heterocycles. The van der Waals surface area contributed by atoms with Gasteiger partial charge in [-0.05, 0) is 109 Å². The van der Waals surface area contributed by atoms with Crippen molar-refractivity contribution >= 4 is 19.8 Å². The minimum absolute atomic E-state index is 0.0449. The zero-order chi connectivity index (χ0) is 54.5. The number of hydrogen-bond donors (Lipinski definition) is 2. The largest absolute Gasteiger partial charge is 0.472 e. The second kappa shape index (κ2) is 59.4. The standard InChI is InChI=1S/C65H108NO8P/c1-3-5-7-9-11-13-15-17-19-21-23-25-27-29-30-31-32-34-36-38-40-42-44-46-48-50-52-54-56-58-65(68)74-63(62-73-75(69,70)72-60-59-66)61-71-64(67)57-55-53-51-49-47-45-43-41-39-37-35-33-28-26-24-22-20-18-16-14-12-10-8-6-4-2/h5-8,11-14,17-20,23-26,29-30,32-35,63H,3-4,9-10,15-16,21-22,27-28,31,36-62,66H2,1-2H3,(H,69,70)/b7-5-,8-6-,13-11-,14-12-,19-17-,20-18-,25-23-,26-24-,30-29-,34-32-,35-33-. The van der Waals surface area contributed by atoms with Gasteiger partial charge in [-0.15, -0.1) is 0 Å². The summed E-state index contributed by atoms with van der Waals surface area (Å²) in [5.74, 6) is -0.847. The molecule has 0 spiro atoms. The lowest BCUT2D eigenvalue weighted by atomic mass is 10.0. The van der Waals surface area contributed by atoms with Crippen LogP contribution in [0.5, 0.6) is 0 Å². The molecule has 0 aromatic rings. The van der Waals surface area contributed by atoms with Gasteiger partial charge in [-0.2, -0.15) is 0 Å². The molecule has 0 fully saturated rings. The highest BCUT2D eigenvalue weighted by atomic mass is 31.2. The quantitative estimate of drug-likeness (QED) is 0.0264. The lowest BCUT2D eigenvalue weighted by molar-refractivity contribution is -0.161. The van der Waals surface area contributed by atoms with E-state index in [0.717, 1.165) is 128 Å². The summed E-state index contributed by atoms with van der Waals surface area (Å²) in [7, 11) is -4.40. The van der Waals surface area contributed by atoms with Gasteiger partial charge in [-0.3, -0.25) is 18.6 Å². The number of esters is 2. The summed E-state index contributed by atoms with van der Waals surface area (Å²) in [4.78, 5) is 35.2. The van der Waals surface area contributed by atoms with Crippen molar-refractivity contribution in [3.63, 3.8) is 0 Å². The normalized spacial score (nSPS) is 14.0. The van der Waals surface area contributed by atoms with Crippen LogP contribution in [0, 0.1) is 0 Å². The summed E-state index contributed by atoms with van der Waals surface area (Å²) >= 11 is 0. The van der Waals surface area contributed by atoms with Crippen molar-refractivity contribution in [1.29, 1.82) is 0 Å². The molecule has 426 valence electrons. The van der Waals surface area contributed by atoms with Crippen LogP contribution in [0.3, 0.4) is 0 Å². The predicted molar refractivity (Wildman–Crippen MR) is 320 cm³/mol. The van der Waals surface area contributed by atoms with Crippen LogP contribution in [0.1, 0.15) is 232 Å². The lowest BCUT2D eigenvalue weighted by Gasteiger charge is -2.19. The van der Waals surface area contributed by atoms with Crippen molar-refractivity contribution in [1.82, 2.24) is 0 Å². The van der Waals surface area contributed by atoms with Gasteiger partial charge in [-0.25, -0.2) is 4.57 Å². The van der Waals surface area contributed by atoms with Crippen molar-refractivity contribution in [2.45, 2.75) is 238 Å². The Labute approximate surface area is 459 Å². The summed E-state index contributed by atoms with van der Waals surface area (Å²) in [6, 6.07) is 0. The second-order valence-corrected chi connectivity index (χ2v) is 20.6. The molecule has 0 aromatic carbocycles. The molecule has 2 unspecified atom stereocenters. The number of phosphoric acid groups is 1. The van der Waals surface area contributed by atoms with Crippen LogP contribution in [0.25, 0.3) is 0 Å². The van der Waals surface area contributed by atoms with Gasteiger partial charge >= 0.3 is 19.8 Å². The molecule has 0 bridgehead atoms. The van der Waals surface area contributed by atoms with Gasteiger partial charge in [0.25, 0.3) is 0 Å². The number of nitrogens with two attached hydrogens (primary N) is 1. The minimum atomic E-state index is -4.40. The van der Waals surface area contributed by atoms with Gasteiger partial charge in [0, 0.05) is 19.4 Å². The van der Waals surface area contributed by atoms with Crippen LogP contribution in [-0.4, -0.2) is 49.3 Å². The first-order valence-corrected chi connectivity index (χ1v) is 31.2. The van der Waals surface area contributed by atoms with E-state index in [1.54, 1.807) is 0 Å². The van der Waals surface area contributed by atoms with Gasteiger partial charge in [-0.1, -0.05) is 244 Å². The molecule has 9 nitrogen and oxygen atoms in total. The maximum absolute atomic E-state index is 12.7. The topological polar surface area (TPSA) is 134 Å². The molecule has 0 saturated carbocycles. The van der Waals surface area contributed by atoms with Crippen molar-refractivity contribution < 1.29 is 37.6 Å². The molecule has 10 heteroatoms. The monoisotopic (exact) mass is 1060 g/mol. The minimum Gasteiger partial charge on any atom is -0.462 e. The molecule has 0 aliphatic rings. The molecule has 0 rings (SSSR count). The second-order valence-electron chi connectivity index (χ2n) is 19.1. The SMILES string of the molecule is CC/C=C\C/C=C\C/C=C\C/C=C\C/C=C\C/C=C\CCCCCCCCCCCCC(=O)OC(COC(=O)CCCCCCCCCCC/C=C\C/C=C\C/C=C\C/C=C\C/C=C\CC)COP(=O)(O)OCCN. The smallest absolute Gasteiger partial charge is 0.462 e. The Hall–Kier alpha value is -3.85. The van der Waals surface area contributed by atoms with E-state index >= 15 is 0 Å². The molecular weight excluding hydrogens is 954 g/mol. The number of hydrogen-bond acceptors (Lipinski definition) is 8. The van der Waals surface area contributed by atoms with Gasteiger partial charge in [0.1, 0.15) is 6.61 Å². The molecule has 0 aliphatic heterocycles. The third kappa shape index (κ3) is 59.3. The summed E-state index contributed by atoms with van der Waals surface area (Å²) in [5.41, 5.74) is 5.38. The van der Waals surface area contributed by atoms with Gasteiger partial charge < -0.3 is 20.1 Å². The molecule has 0 aromatic heterocycles. The lowest BCUT2D eigenvalue weighted by Crippen LogP contribution is -2.29. The summed E-state index contributed by atoms with van der Waals surface area (Å²) in [6.07, 6.45) is 83.5. The highest BCUT2D eigenvalue weighted by molar-refractivity contribution is 7.47. The number of unbranched alkanes of at least 4 members (excludes halogenated alkanes) is 19. The molecule has 75 heavy (non-hydrogen) atoms. The highest BCUT2D eigenvalue weighted by Gasteiger charge is 2.26. The Morgan fingerprint density at radius 1 is 0.400 bits per heavy atom. The molecule has 0 saturated heterocycles.